The second-order valence-corrected chi connectivity index (χ2v) is 21.5. The molecule has 17 rings (SSSR count). The number of aromatic nitrogens is 3. The highest BCUT2D eigenvalue weighted by molar-refractivity contribution is 6.15. The third-order valence-corrected chi connectivity index (χ3v) is 17.1. The molecule has 4 heteroatoms. The number of hydrogen-bond donors (Lipinski definition) is 0. The lowest BCUT2D eigenvalue weighted by Crippen LogP contribution is -1.98. The zero-order valence-corrected chi connectivity index (χ0v) is 44.5. The van der Waals surface area contributed by atoms with Crippen molar-refractivity contribution in [2.75, 3.05) is 0 Å². The van der Waals surface area contributed by atoms with Crippen LogP contribution < -0.4 is 0 Å². The van der Waals surface area contributed by atoms with Crippen molar-refractivity contribution in [3.8, 4) is 72.7 Å². The maximum Gasteiger partial charge on any atom is 0.143 e. The van der Waals surface area contributed by atoms with Crippen LogP contribution in [0.15, 0.2) is 302 Å². The summed E-state index contributed by atoms with van der Waals surface area (Å²) in [4.78, 5) is 0. The van der Waals surface area contributed by atoms with Gasteiger partial charge in [0.2, 0.25) is 0 Å². The lowest BCUT2D eigenvalue weighted by Gasteiger charge is -2.16. The molecule has 0 unspecified atom stereocenters. The summed E-state index contributed by atoms with van der Waals surface area (Å²) in [6.45, 7) is 0. The van der Waals surface area contributed by atoms with E-state index in [1.165, 1.54) is 76.6 Å². The largest absolute Gasteiger partial charge is 0.455 e. The smallest absolute Gasteiger partial charge is 0.143 e. The van der Waals surface area contributed by atoms with Crippen molar-refractivity contribution in [3.05, 3.63) is 297 Å². The lowest BCUT2D eigenvalue weighted by atomic mass is 9.92. The molecule has 382 valence electrons. The molecule has 0 N–H and O–H groups in total. The molecule has 4 heterocycles. The molecule has 0 aliphatic carbocycles. The van der Waals surface area contributed by atoms with E-state index in [1.807, 2.05) is 6.07 Å². The highest BCUT2D eigenvalue weighted by atomic mass is 16.3. The number of para-hydroxylation sites is 7. The van der Waals surface area contributed by atoms with Crippen molar-refractivity contribution in [2.24, 2.45) is 0 Å². The third kappa shape index (κ3) is 7.05. The van der Waals surface area contributed by atoms with E-state index in [-0.39, 0.29) is 0 Å². The predicted molar refractivity (Wildman–Crippen MR) is 344 cm³/mol. The van der Waals surface area contributed by atoms with Gasteiger partial charge in [0.25, 0.3) is 0 Å². The average molecular weight is 1040 g/mol. The molecule has 0 saturated carbocycles. The summed E-state index contributed by atoms with van der Waals surface area (Å²) < 4.78 is 14.1. The summed E-state index contributed by atoms with van der Waals surface area (Å²) in [7, 11) is 0. The van der Waals surface area contributed by atoms with Crippen LogP contribution in [0.2, 0.25) is 0 Å². The Morgan fingerprint density at radius 2 is 0.610 bits per heavy atom. The monoisotopic (exact) mass is 1040 g/mol. The Morgan fingerprint density at radius 3 is 1.12 bits per heavy atom. The van der Waals surface area contributed by atoms with Gasteiger partial charge in [0, 0.05) is 65.6 Å². The van der Waals surface area contributed by atoms with Crippen LogP contribution in [0.4, 0.5) is 0 Å². The molecular weight excluding hydrogens is 995 g/mol. The highest BCUT2D eigenvalue weighted by Crippen LogP contribution is 2.46. The Bertz CT molecular complexity index is 5040. The minimum absolute atomic E-state index is 0.885. The Kier molecular flexibility index (Phi) is 10.3. The maximum absolute atomic E-state index is 6.75. The van der Waals surface area contributed by atoms with Gasteiger partial charge in [-0.3, -0.25) is 0 Å². The van der Waals surface area contributed by atoms with Crippen LogP contribution in [-0.4, -0.2) is 13.7 Å². The van der Waals surface area contributed by atoms with Crippen molar-refractivity contribution in [2.45, 2.75) is 0 Å². The standard InChI is InChI=1S/C78H49N3O/c1-3-20-50(21-4-1)66-48-54(79-70-32-13-7-24-58(70)59-25-8-14-33-71(59)79)40-42-56(66)52-38-44-75-68(46-52)69-47-53(39-45-76(69)81(75)74-36-17-11-28-62(74)64-30-19-31-65-63-29-12-18-37-77(63)82-78(64)65)57-43-41-55(49-67(57)51-22-5-2-6-23-51)80-72-34-15-9-26-60(72)61-27-10-16-35-73(61)80/h1-49H. The van der Waals surface area contributed by atoms with Crippen molar-refractivity contribution in [3.63, 3.8) is 0 Å². The Labute approximate surface area is 472 Å². The molecule has 13 aromatic carbocycles. The molecule has 0 aliphatic heterocycles. The van der Waals surface area contributed by atoms with Crippen molar-refractivity contribution in [1.82, 2.24) is 13.7 Å². The van der Waals surface area contributed by atoms with E-state index in [9.17, 15) is 0 Å². The van der Waals surface area contributed by atoms with Crippen LogP contribution in [-0.2, 0) is 0 Å². The molecule has 0 saturated heterocycles. The normalized spacial score (nSPS) is 11.9. The number of benzene rings is 13. The number of nitrogens with zero attached hydrogens (tertiary/aromatic N) is 3. The van der Waals surface area contributed by atoms with Gasteiger partial charge in [0.05, 0.1) is 38.8 Å². The van der Waals surface area contributed by atoms with Gasteiger partial charge in [-0.05, 0) is 129 Å². The van der Waals surface area contributed by atoms with Crippen LogP contribution in [0.3, 0.4) is 0 Å². The minimum atomic E-state index is 0.885. The van der Waals surface area contributed by atoms with Gasteiger partial charge < -0.3 is 18.1 Å². The van der Waals surface area contributed by atoms with Crippen LogP contribution in [0.1, 0.15) is 0 Å². The summed E-state index contributed by atoms with van der Waals surface area (Å²) in [6.07, 6.45) is 0. The topological polar surface area (TPSA) is 27.9 Å². The fourth-order valence-corrected chi connectivity index (χ4v) is 13.4. The minimum Gasteiger partial charge on any atom is -0.455 e. The van der Waals surface area contributed by atoms with Crippen molar-refractivity contribution in [1.29, 1.82) is 0 Å². The van der Waals surface area contributed by atoms with Crippen LogP contribution in [0.25, 0.3) is 160 Å². The van der Waals surface area contributed by atoms with E-state index >= 15 is 0 Å². The van der Waals surface area contributed by atoms with Gasteiger partial charge in [-0.1, -0.05) is 212 Å². The molecule has 0 atom stereocenters. The summed E-state index contributed by atoms with van der Waals surface area (Å²) in [5, 5.41) is 9.54. The van der Waals surface area contributed by atoms with Crippen LogP contribution in [0.5, 0.6) is 0 Å². The maximum atomic E-state index is 6.75. The number of furan rings is 1. The highest BCUT2D eigenvalue weighted by Gasteiger charge is 2.23. The first-order chi connectivity index (χ1) is 40.7. The Morgan fingerprint density at radius 1 is 0.207 bits per heavy atom. The van der Waals surface area contributed by atoms with Crippen molar-refractivity contribution >= 4 is 87.4 Å². The number of fused-ring (bicyclic) bond motifs is 12. The molecule has 0 radical (unpaired) electrons. The second-order valence-electron chi connectivity index (χ2n) is 21.5. The molecule has 0 spiro atoms. The Hall–Kier alpha value is -10.9. The molecule has 0 amide bonds. The molecule has 4 aromatic heterocycles. The van der Waals surface area contributed by atoms with Gasteiger partial charge in [-0.2, -0.15) is 0 Å². The van der Waals surface area contributed by atoms with E-state index in [4.69, 9.17) is 4.42 Å². The molecular formula is C78H49N3O. The van der Waals surface area contributed by atoms with E-state index in [1.54, 1.807) is 0 Å². The molecule has 0 aliphatic rings. The van der Waals surface area contributed by atoms with Gasteiger partial charge >= 0.3 is 0 Å². The van der Waals surface area contributed by atoms with Crippen molar-refractivity contribution < 1.29 is 4.42 Å². The molecule has 0 fully saturated rings. The van der Waals surface area contributed by atoms with Gasteiger partial charge in [-0.25, -0.2) is 0 Å². The summed E-state index contributed by atoms with van der Waals surface area (Å²) in [6, 6.07) is 109. The zero-order valence-electron chi connectivity index (χ0n) is 44.5. The fourth-order valence-electron chi connectivity index (χ4n) is 13.4. The lowest BCUT2D eigenvalue weighted by molar-refractivity contribution is 0.670. The fraction of sp³-hybridized carbons (Fsp3) is 0. The van der Waals surface area contributed by atoms with E-state index in [0.29, 0.717) is 0 Å². The van der Waals surface area contributed by atoms with E-state index in [2.05, 4.69) is 305 Å². The molecule has 82 heavy (non-hydrogen) atoms. The Balaban J connectivity index is 0.906. The van der Waals surface area contributed by atoms with Gasteiger partial charge in [0.1, 0.15) is 11.2 Å². The van der Waals surface area contributed by atoms with Gasteiger partial charge in [0.15, 0.2) is 0 Å². The molecule has 0 bridgehead atoms. The first kappa shape index (κ1) is 46.0. The first-order valence-corrected chi connectivity index (χ1v) is 28.2. The molecule has 4 nitrogen and oxygen atoms in total. The SMILES string of the molecule is c1ccc(-c2cc(-n3c4ccccc4c4ccccc43)ccc2-c2ccc3c(c2)c2cc(-c4ccc(-n5c6ccccc6c6ccccc65)cc4-c4ccccc4)ccc2n3-c2ccccc2-c2cccc3c2oc2ccccc23)cc1. The first-order valence-electron chi connectivity index (χ1n) is 28.2. The zero-order chi connectivity index (χ0) is 53.8. The van der Waals surface area contributed by atoms with E-state index in [0.717, 1.165) is 83.4 Å². The van der Waals surface area contributed by atoms with Crippen LogP contribution >= 0.6 is 0 Å². The third-order valence-electron chi connectivity index (χ3n) is 17.1. The summed E-state index contributed by atoms with van der Waals surface area (Å²) in [5.74, 6) is 0. The summed E-state index contributed by atoms with van der Waals surface area (Å²) in [5.41, 5.74) is 23.5. The van der Waals surface area contributed by atoms with Gasteiger partial charge in [-0.15, -0.1) is 0 Å². The van der Waals surface area contributed by atoms with E-state index < -0.39 is 0 Å². The second kappa shape index (κ2) is 18.3. The predicted octanol–water partition coefficient (Wildman–Crippen LogP) is 21.2. The number of hydrogen-bond acceptors (Lipinski definition) is 1. The quantitative estimate of drug-likeness (QED) is 0.149. The average Bonchev–Trinajstić information content (AvgIpc) is 4.33. The van der Waals surface area contributed by atoms with Crippen LogP contribution in [0, 0.1) is 0 Å². The molecule has 17 aromatic rings. The summed E-state index contributed by atoms with van der Waals surface area (Å²) >= 11 is 0. The number of rotatable bonds is 8.